The van der Waals surface area contributed by atoms with Gasteiger partial charge in [0.1, 0.15) is 0 Å². The zero-order valence-corrected chi connectivity index (χ0v) is 13.1. The van der Waals surface area contributed by atoms with Crippen LogP contribution in [0.4, 0.5) is 4.79 Å². The maximum absolute atomic E-state index is 12.5. The highest BCUT2D eigenvalue weighted by molar-refractivity contribution is 5.75. The number of carboxylic acids is 1. The molecule has 0 spiro atoms. The van der Waals surface area contributed by atoms with Crippen LogP contribution in [-0.2, 0) is 4.79 Å². The predicted molar refractivity (Wildman–Crippen MR) is 80.2 cm³/mol. The molecule has 2 amide bonds. The average Bonchev–Trinajstić information content (AvgIpc) is 2.93. The third-order valence-corrected chi connectivity index (χ3v) is 4.79. The minimum Gasteiger partial charge on any atom is -0.481 e. The summed E-state index contributed by atoms with van der Waals surface area (Å²) in [5.74, 6) is -0.394. The molecule has 0 aromatic carbocycles. The van der Waals surface area contributed by atoms with Gasteiger partial charge < -0.3 is 19.8 Å². The molecule has 2 aliphatic rings. The molecule has 2 heterocycles. The van der Waals surface area contributed by atoms with E-state index in [1.54, 1.807) is 0 Å². The molecule has 2 rings (SSSR count). The lowest BCUT2D eigenvalue weighted by Gasteiger charge is -2.37. The number of piperidine rings is 1. The normalized spacial score (nSPS) is 23.9. The van der Waals surface area contributed by atoms with E-state index < -0.39 is 5.97 Å². The SMILES string of the molecule is CN(C)C1CCN(C(=O)N2CCC(CCC(=O)O)C2)CC1. The van der Waals surface area contributed by atoms with Gasteiger partial charge in [-0.25, -0.2) is 4.79 Å². The fraction of sp³-hybridized carbons (Fsp3) is 0.867. The highest BCUT2D eigenvalue weighted by Gasteiger charge is 2.31. The van der Waals surface area contributed by atoms with E-state index in [2.05, 4.69) is 19.0 Å². The molecule has 6 nitrogen and oxygen atoms in total. The highest BCUT2D eigenvalue weighted by Crippen LogP contribution is 2.23. The van der Waals surface area contributed by atoms with Crippen LogP contribution in [0.1, 0.15) is 32.1 Å². The van der Waals surface area contributed by atoms with Gasteiger partial charge in [0.25, 0.3) is 0 Å². The van der Waals surface area contributed by atoms with Crippen LogP contribution in [0.15, 0.2) is 0 Å². The van der Waals surface area contributed by atoms with Crippen molar-refractivity contribution >= 4 is 12.0 Å². The van der Waals surface area contributed by atoms with E-state index in [0.717, 1.165) is 45.4 Å². The molecule has 2 saturated heterocycles. The number of amides is 2. The fourth-order valence-corrected chi connectivity index (χ4v) is 3.34. The van der Waals surface area contributed by atoms with Crippen LogP contribution in [0.5, 0.6) is 0 Å². The summed E-state index contributed by atoms with van der Waals surface area (Å²) in [5, 5.41) is 8.73. The number of hydrogen-bond acceptors (Lipinski definition) is 3. The third kappa shape index (κ3) is 4.33. The van der Waals surface area contributed by atoms with Crippen molar-refractivity contribution in [2.45, 2.75) is 38.1 Å². The summed E-state index contributed by atoms with van der Waals surface area (Å²) >= 11 is 0. The van der Waals surface area contributed by atoms with Gasteiger partial charge in [-0.3, -0.25) is 4.79 Å². The zero-order valence-electron chi connectivity index (χ0n) is 13.1. The Bertz CT molecular complexity index is 378. The van der Waals surface area contributed by atoms with Crippen molar-refractivity contribution in [3.05, 3.63) is 0 Å². The van der Waals surface area contributed by atoms with E-state index in [-0.39, 0.29) is 12.5 Å². The van der Waals surface area contributed by atoms with Crippen molar-refractivity contribution < 1.29 is 14.7 Å². The molecule has 0 saturated carbocycles. The maximum atomic E-state index is 12.5. The first-order chi connectivity index (χ1) is 9.97. The smallest absolute Gasteiger partial charge is 0.320 e. The van der Waals surface area contributed by atoms with Crippen LogP contribution in [0.3, 0.4) is 0 Å². The summed E-state index contributed by atoms with van der Waals surface area (Å²) in [5.41, 5.74) is 0. The molecule has 1 atom stereocenters. The number of hydrogen-bond donors (Lipinski definition) is 1. The number of carbonyl (C=O) groups excluding carboxylic acids is 1. The van der Waals surface area contributed by atoms with E-state index in [1.807, 2.05) is 9.80 Å². The zero-order chi connectivity index (χ0) is 15.4. The Hall–Kier alpha value is -1.30. The molecule has 2 fully saturated rings. The molecule has 2 aliphatic heterocycles. The van der Waals surface area contributed by atoms with Crippen LogP contribution >= 0.6 is 0 Å². The molecule has 1 N–H and O–H groups in total. The van der Waals surface area contributed by atoms with Gasteiger partial charge in [-0.05, 0) is 45.7 Å². The standard InChI is InChI=1S/C15H27N3O3/c1-16(2)13-6-9-17(10-7-13)15(21)18-8-5-12(11-18)3-4-14(19)20/h12-13H,3-11H2,1-2H3,(H,19,20). The second-order valence-corrected chi connectivity index (χ2v) is 6.50. The summed E-state index contributed by atoms with van der Waals surface area (Å²) in [7, 11) is 4.19. The quantitative estimate of drug-likeness (QED) is 0.850. The van der Waals surface area contributed by atoms with Gasteiger partial charge in [-0.1, -0.05) is 0 Å². The number of carboxylic acid groups (broad SMARTS) is 1. The van der Waals surface area contributed by atoms with Crippen molar-refractivity contribution in [1.82, 2.24) is 14.7 Å². The van der Waals surface area contributed by atoms with E-state index in [1.165, 1.54) is 0 Å². The molecule has 0 aliphatic carbocycles. The largest absolute Gasteiger partial charge is 0.481 e. The number of likely N-dealkylation sites (tertiary alicyclic amines) is 2. The molecule has 1 unspecified atom stereocenters. The number of rotatable bonds is 4. The van der Waals surface area contributed by atoms with Crippen molar-refractivity contribution in [1.29, 1.82) is 0 Å². The molecule has 0 aromatic rings. The number of urea groups is 1. The average molecular weight is 297 g/mol. The molecule has 21 heavy (non-hydrogen) atoms. The first kappa shape index (κ1) is 16.1. The molecular formula is C15H27N3O3. The van der Waals surface area contributed by atoms with Crippen molar-refractivity contribution in [3.63, 3.8) is 0 Å². The van der Waals surface area contributed by atoms with Crippen LogP contribution in [0.25, 0.3) is 0 Å². The highest BCUT2D eigenvalue weighted by atomic mass is 16.4. The van der Waals surface area contributed by atoms with Crippen molar-refractivity contribution in [2.75, 3.05) is 40.3 Å². The molecule has 120 valence electrons. The Morgan fingerprint density at radius 3 is 2.29 bits per heavy atom. The summed E-state index contributed by atoms with van der Waals surface area (Å²) in [4.78, 5) is 29.2. The maximum Gasteiger partial charge on any atom is 0.320 e. The second-order valence-electron chi connectivity index (χ2n) is 6.50. The van der Waals surface area contributed by atoms with Crippen LogP contribution in [0.2, 0.25) is 0 Å². The second kappa shape index (κ2) is 7.11. The minimum atomic E-state index is -0.745. The van der Waals surface area contributed by atoms with E-state index >= 15 is 0 Å². The summed E-state index contributed by atoms with van der Waals surface area (Å²) in [6.07, 6.45) is 3.90. The fourth-order valence-electron chi connectivity index (χ4n) is 3.34. The topological polar surface area (TPSA) is 64.1 Å². The first-order valence-electron chi connectivity index (χ1n) is 7.89. The lowest BCUT2D eigenvalue weighted by Crippen LogP contribution is -2.49. The van der Waals surface area contributed by atoms with Crippen LogP contribution < -0.4 is 0 Å². The molecular weight excluding hydrogens is 270 g/mol. The number of nitrogens with zero attached hydrogens (tertiary/aromatic N) is 3. The monoisotopic (exact) mass is 297 g/mol. The number of carbonyl (C=O) groups is 2. The summed E-state index contributed by atoms with van der Waals surface area (Å²) < 4.78 is 0. The number of aliphatic carboxylic acids is 1. The van der Waals surface area contributed by atoms with Crippen LogP contribution in [0, 0.1) is 5.92 Å². The van der Waals surface area contributed by atoms with Gasteiger partial charge in [0, 0.05) is 38.6 Å². The Morgan fingerprint density at radius 2 is 1.71 bits per heavy atom. The lowest BCUT2D eigenvalue weighted by molar-refractivity contribution is -0.137. The minimum absolute atomic E-state index is 0.144. The Morgan fingerprint density at radius 1 is 1.10 bits per heavy atom. The summed E-state index contributed by atoms with van der Waals surface area (Å²) in [6, 6.07) is 0.723. The first-order valence-corrected chi connectivity index (χ1v) is 7.89. The van der Waals surface area contributed by atoms with Gasteiger partial charge in [-0.15, -0.1) is 0 Å². The molecule has 0 bridgehead atoms. The van der Waals surface area contributed by atoms with Gasteiger partial charge >= 0.3 is 12.0 Å². The lowest BCUT2D eigenvalue weighted by atomic mass is 10.0. The van der Waals surface area contributed by atoms with Crippen LogP contribution in [-0.4, -0.2) is 78.1 Å². The van der Waals surface area contributed by atoms with Gasteiger partial charge in [0.2, 0.25) is 0 Å². The van der Waals surface area contributed by atoms with Crippen molar-refractivity contribution in [2.24, 2.45) is 5.92 Å². The van der Waals surface area contributed by atoms with Gasteiger partial charge in [0.15, 0.2) is 0 Å². The third-order valence-electron chi connectivity index (χ3n) is 4.79. The van der Waals surface area contributed by atoms with Gasteiger partial charge in [-0.2, -0.15) is 0 Å². The van der Waals surface area contributed by atoms with E-state index in [9.17, 15) is 9.59 Å². The van der Waals surface area contributed by atoms with E-state index in [0.29, 0.717) is 18.4 Å². The van der Waals surface area contributed by atoms with Crippen molar-refractivity contribution in [3.8, 4) is 0 Å². The Labute approximate surface area is 126 Å². The molecule has 0 radical (unpaired) electrons. The Kier molecular flexibility index (Phi) is 5.45. The molecule has 0 aromatic heterocycles. The summed E-state index contributed by atoms with van der Waals surface area (Å²) in [6.45, 7) is 3.16. The van der Waals surface area contributed by atoms with E-state index in [4.69, 9.17) is 5.11 Å². The Balaban J connectivity index is 1.76. The predicted octanol–water partition coefficient (Wildman–Crippen LogP) is 1.32. The van der Waals surface area contributed by atoms with Gasteiger partial charge in [0.05, 0.1) is 0 Å². The molecule has 6 heteroatoms.